The summed E-state index contributed by atoms with van der Waals surface area (Å²) >= 11 is 0. The third-order valence-corrected chi connectivity index (χ3v) is 2.29. The van der Waals surface area contributed by atoms with Gasteiger partial charge < -0.3 is 9.64 Å². The Hall–Kier alpha value is -0.810. The lowest BCUT2D eigenvalue weighted by Gasteiger charge is -2.29. The van der Waals surface area contributed by atoms with E-state index < -0.39 is 0 Å². The number of hydrogen-bond donors (Lipinski definition) is 2. The number of rotatable bonds is 1. The molecule has 1 aliphatic heterocycles. The Balaban J connectivity index is 1.93. The van der Waals surface area contributed by atoms with Crippen LogP contribution in [0.4, 0.5) is 0 Å². The minimum Gasteiger partial charge on any atom is -0.378 e. The molecule has 1 saturated heterocycles. The monoisotopic (exact) mass is 184 g/mol. The number of guanidine groups is 1. The second kappa shape index (κ2) is 3.93. The van der Waals surface area contributed by atoms with Gasteiger partial charge in [0.1, 0.15) is 0 Å². The van der Waals surface area contributed by atoms with Crippen molar-refractivity contribution in [2.75, 3.05) is 26.3 Å². The molecule has 0 aromatic heterocycles. The molecule has 13 heavy (non-hydrogen) atoms. The summed E-state index contributed by atoms with van der Waals surface area (Å²) in [6, 6.07) is 0.508. The van der Waals surface area contributed by atoms with Crippen LogP contribution in [0.15, 0.2) is 4.99 Å². The molecule has 5 nitrogen and oxygen atoms in total. The zero-order valence-corrected chi connectivity index (χ0v) is 7.70. The fraction of sp³-hybridized carbons (Fsp3) is 0.875. The Bertz CT molecular complexity index is 196. The van der Waals surface area contributed by atoms with E-state index in [0.29, 0.717) is 6.04 Å². The van der Waals surface area contributed by atoms with Crippen LogP contribution in [0.5, 0.6) is 0 Å². The van der Waals surface area contributed by atoms with Gasteiger partial charge in [0.05, 0.1) is 19.3 Å². The van der Waals surface area contributed by atoms with Crippen LogP contribution < -0.4 is 11.3 Å². The average molecular weight is 184 g/mol. The molecule has 2 aliphatic rings. The highest BCUT2D eigenvalue weighted by Gasteiger charge is 2.23. The number of nitrogens with two attached hydrogens (primary N) is 1. The van der Waals surface area contributed by atoms with E-state index in [2.05, 4.69) is 15.3 Å². The number of nitrogens with one attached hydrogen (secondary N) is 1. The van der Waals surface area contributed by atoms with E-state index in [1.54, 1.807) is 0 Å². The molecule has 0 aromatic carbocycles. The van der Waals surface area contributed by atoms with Crippen LogP contribution in [0.3, 0.4) is 0 Å². The van der Waals surface area contributed by atoms with E-state index in [4.69, 9.17) is 10.6 Å². The van der Waals surface area contributed by atoms with Gasteiger partial charge in [0.25, 0.3) is 0 Å². The number of aliphatic imine (C=N–C) groups is 1. The van der Waals surface area contributed by atoms with Gasteiger partial charge in [-0.15, -0.1) is 0 Å². The number of hydrogen-bond acceptors (Lipinski definition) is 3. The zero-order chi connectivity index (χ0) is 9.10. The summed E-state index contributed by atoms with van der Waals surface area (Å²) in [5.74, 6) is 6.24. The summed E-state index contributed by atoms with van der Waals surface area (Å²) in [5.41, 5.74) is 2.66. The first-order chi connectivity index (χ1) is 6.40. The SMILES string of the molecule is NNC(=NC1CC1)N1CCOCC1. The Morgan fingerprint density at radius 3 is 2.62 bits per heavy atom. The Kier molecular flexibility index (Phi) is 2.65. The van der Waals surface area contributed by atoms with Crippen LogP contribution in [-0.4, -0.2) is 43.2 Å². The predicted octanol–water partition coefficient (Wildman–Crippen LogP) is -0.700. The molecule has 0 radical (unpaired) electrons. The summed E-state index contributed by atoms with van der Waals surface area (Å²) in [5, 5.41) is 0. The normalized spacial score (nSPS) is 24.7. The van der Waals surface area contributed by atoms with Gasteiger partial charge in [0, 0.05) is 13.1 Å². The molecule has 2 rings (SSSR count). The largest absolute Gasteiger partial charge is 0.378 e. The Labute approximate surface area is 77.9 Å². The topological polar surface area (TPSA) is 62.9 Å². The van der Waals surface area contributed by atoms with Crippen molar-refractivity contribution in [1.82, 2.24) is 10.3 Å². The minimum atomic E-state index is 0.508. The van der Waals surface area contributed by atoms with Crippen molar-refractivity contribution in [3.63, 3.8) is 0 Å². The highest BCUT2D eigenvalue weighted by Crippen LogP contribution is 2.23. The van der Waals surface area contributed by atoms with Crippen LogP contribution in [-0.2, 0) is 4.74 Å². The summed E-state index contributed by atoms with van der Waals surface area (Å²) in [7, 11) is 0. The summed E-state index contributed by atoms with van der Waals surface area (Å²) < 4.78 is 5.25. The quantitative estimate of drug-likeness (QED) is 0.245. The second-order valence-electron chi connectivity index (χ2n) is 3.43. The fourth-order valence-electron chi connectivity index (χ4n) is 1.36. The van der Waals surface area contributed by atoms with Gasteiger partial charge in [-0.25, -0.2) is 10.8 Å². The van der Waals surface area contributed by atoms with Gasteiger partial charge in [-0.1, -0.05) is 0 Å². The lowest BCUT2D eigenvalue weighted by Crippen LogP contribution is -2.49. The van der Waals surface area contributed by atoms with Crippen LogP contribution in [0.25, 0.3) is 0 Å². The zero-order valence-electron chi connectivity index (χ0n) is 7.70. The van der Waals surface area contributed by atoms with E-state index in [1.165, 1.54) is 12.8 Å². The highest BCUT2D eigenvalue weighted by atomic mass is 16.5. The lowest BCUT2D eigenvalue weighted by atomic mass is 10.4. The van der Waals surface area contributed by atoms with E-state index in [0.717, 1.165) is 32.3 Å². The first-order valence-electron chi connectivity index (χ1n) is 4.77. The number of nitrogens with zero attached hydrogens (tertiary/aromatic N) is 2. The van der Waals surface area contributed by atoms with Crippen molar-refractivity contribution in [3.05, 3.63) is 0 Å². The standard InChI is InChI=1S/C8H16N4O/c9-11-8(10-7-1-2-7)12-3-5-13-6-4-12/h7H,1-6,9H2,(H,10,11). The van der Waals surface area contributed by atoms with Crippen LogP contribution >= 0.6 is 0 Å². The number of morpholine rings is 1. The summed E-state index contributed by atoms with van der Waals surface area (Å²) in [6.45, 7) is 3.31. The first kappa shape index (κ1) is 8.77. The van der Waals surface area contributed by atoms with Crippen molar-refractivity contribution >= 4 is 5.96 Å². The molecule has 0 atom stereocenters. The van der Waals surface area contributed by atoms with Crippen LogP contribution in [0.2, 0.25) is 0 Å². The molecule has 5 heteroatoms. The van der Waals surface area contributed by atoms with E-state index in [-0.39, 0.29) is 0 Å². The first-order valence-corrected chi connectivity index (χ1v) is 4.77. The molecule has 74 valence electrons. The Morgan fingerprint density at radius 2 is 2.08 bits per heavy atom. The molecule has 1 heterocycles. The van der Waals surface area contributed by atoms with Gasteiger partial charge in [-0.3, -0.25) is 5.43 Å². The van der Waals surface area contributed by atoms with E-state index >= 15 is 0 Å². The molecular formula is C8H16N4O. The number of ether oxygens (including phenoxy) is 1. The molecule has 2 fully saturated rings. The van der Waals surface area contributed by atoms with Gasteiger partial charge >= 0.3 is 0 Å². The summed E-state index contributed by atoms with van der Waals surface area (Å²) in [4.78, 5) is 6.62. The lowest BCUT2D eigenvalue weighted by molar-refractivity contribution is 0.0664. The molecular weight excluding hydrogens is 168 g/mol. The van der Waals surface area contributed by atoms with Crippen LogP contribution in [0, 0.1) is 0 Å². The maximum Gasteiger partial charge on any atom is 0.208 e. The van der Waals surface area contributed by atoms with Crippen molar-refractivity contribution < 1.29 is 4.74 Å². The third-order valence-electron chi connectivity index (χ3n) is 2.29. The molecule has 1 saturated carbocycles. The average Bonchev–Trinajstić information content (AvgIpc) is 2.99. The maximum absolute atomic E-state index is 5.42. The maximum atomic E-state index is 5.42. The van der Waals surface area contributed by atoms with Gasteiger partial charge in [0.2, 0.25) is 5.96 Å². The van der Waals surface area contributed by atoms with Gasteiger partial charge in [0.15, 0.2) is 0 Å². The molecule has 1 aliphatic carbocycles. The molecule has 0 aromatic rings. The predicted molar refractivity (Wildman–Crippen MR) is 50.2 cm³/mol. The van der Waals surface area contributed by atoms with Gasteiger partial charge in [-0.05, 0) is 12.8 Å². The van der Waals surface area contributed by atoms with Crippen molar-refractivity contribution in [2.45, 2.75) is 18.9 Å². The fourth-order valence-corrected chi connectivity index (χ4v) is 1.36. The number of hydrazine groups is 1. The van der Waals surface area contributed by atoms with Crippen molar-refractivity contribution in [1.29, 1.82) is 0 Å². The highest BCUT2D eigenvalue weighted by molar-refractivity contribution is 5.79. The van der Waals surface area contributed by atoms with Crippen LogP contribution in [0.1, 0.15) is 12.8 Å². The Morgan fingerprint density at radius 1 is 1.38 bits per heavy atom. The molecule has 0 amide bonds. The minimum absolute atomic E-state index is 0.508. The third kappa shape index (κ3) is 2.32. The molecule has 0 bridgehead atoms. The molecule has 0 unspecified atom stereocenters. The van der Waals surface area contributed by atoms with Crippen molar-refractivity contribution in [3.8, 4) is 0 Å². The smallest absolute Gasteiger partial charge is 0.208 e. The van der Waals surface area contributed by atoms with Crippen molar-refractivity contribution in [2.24, 2.45) is 10.8 Å². The molecule has 0 spiro atoms. The second-order valence-corrected chi connectivity index (χ2v) is 3.43. The molecule has 3 N–H and O–H groups in total. The van der Waals surface area contributed by atoms with E-state index in [1.807, 2.05) is 0 Å². The van der Waals surface area contributed by atoms with E-state index in [9.17, 15) is 0 Å². The van der Waals surface area contributed by atoms with Gasteiger partial charge in [-0.2, -0.15) is 0 Å². The summed E-state index contributed by atoms with van der Waals surface area (Å²) in [6.07, 6.45) is 2.41.